The number of carbonyl (C=O) groups excluding carboxylic acids is 2. The summed E-state index contributed by atoms with van der Waals surface area (Å²) in [5.74, 6) is -0.948. The van der Waals surface area contributed by atoms with Crippen LogP contribution in [0.15, 0.2) is 48.5 Å². The third-order valence-electron chi connectivity index (χ3n) is 6.21. The first kappa shape index (κ1) is 26.5. The van der Waals surface area contributed by atoms with Crippen LogP contribution in [0.5, 0.6) is 5.75 Å². The Labute approximate surface area is 206 Å². The maximum Gasteiger partial charge on any atom is 0.244 e. The molecule has 0 bridgehead atoms. The molecule has 0 saturated heterocycles. The minimum Gasteiger partial charge on any atom is -0.497 e. The number of nitrogens with zero attached hydrogens (tertiary/aromatic N) is 2. The molecule has 1 saturated carbocycles. The Morgan fingerprint density at radius 3 is 2.31 bits per heavy atom. The van der Waals surface area contributed by atoms with E-state index in [-0.39, 0.29) is 29.7 Å². The fourth-order valence-electron chi connectivity index (χ4n) is 4.15. The van der Waals surface area contributed by atoms with Crippen LogP contribution in [-0.4, -0.2) is 57.1 Å². The first-order valence-electron chi connectivity index (χ1n) is 11.5. The van der Waals surface area contributed by atoms with Gasteiger partial charge in [0.05, 0.1) is 19.1 Å². The van der Waals surface area contributed by atoms with Crippen LogP contribution < -0.4 is 14.4 Å². The molecule has 1 aliphatic carbocycles. The van der Waals surface area contributed by atoms with Crippen molar-refractivity contribution in [1.29, 1.82) is 0 Å². The summed E-state index contributed by atoms with van der Waals surface area (Å²) in [6, 6.07) is 11.4. The Bertz CT molecular complexity index is 1130. The fraction of sp³-hybridized carbons (Fsp3) is 0.440. The molecule has 0 radical (unpaired) electrons. The third-order valence-corrected chi connectivity index (χ3v) is 7.35. The average Bonchev–Trinajstić information content (AvgIpc) is 3.34. The highest BCUT2D eigenvalue weighted by Crippen LogP contribution is 2.23. The van der Waals surface area contributed by atoms with E-state index in [4.69, 9.17) is 4.74 Å². The van der Waals surface area contributed by atoms with Gasteiger partial charge < -0.3 is 15.0 Å². The van der Waals surface area contributed by atoms with Crippen LogP contribution >= 0.6 is 0 Å². The summed E-state index contributed by atoms with van der Waals surface area (Å²) in [5, 5.41) is 2.97. The number of amides is 2. The van der Waals surface area contributed by atoms with Gasteiger partial charge in [0, 0.05) is 18.2 Å². The molecule has 0 aromatic heterocycles. The van der Waals surface area contributed by atoms with E-state index in [1.165, 1.54) is 42.3 Å². The topological polar surface area (TPSA) is 96.0 Å². The van der Waals surface area contributed by atoms with Crippen molar-refractivity contribution >= 4 is 27.5 Å². The summed E-state index contributed by atoms with van der Waals surface area (Å²) >= 11 is 0. The van der Waals surface area contributed by atoms with Crippen LogP contribution in [0.3, 0.4) is 0 Å². The van der Waals surface area contributed by atoms with Crippen molar-refractivity contribution in [2.24, 2.45) is 0 Å². The van der Waals surface area contributed by atoms with E-state index < -0.39 is 34.3 Å². The van der Waals surface area contributed by atoms with E-state index in [2.05, 4.69) is 5.32 Å². The smallest absolute Gasteiger partial charge is 0.244 e. The van der Waals surface area contributed by atoms with Crippen molar-refractivity contribution in [3.8, 4) is 5.75 Å². The lowest BCUT2D eigenvalue weighted by Gasteiger charge is -2.32. The van der Waals surface area contributed by atoms with Crippen LogP contribution in [-0.2, 0) is 26.2 Å². The molecular formula is C25H32FN3O5S. The number of methoxy groups -OCH3 is 1. The van der Waals surface area contributed by atoms with Crippen molar-refractivity contribution < 1.29 is 27.1 Å². The summed E-state index contributed by atoms with van der Waals surface area (Å²) in [6.07, 6.45) is 4.81. The minimum atomic E-state index is -3.84. The van der Waals surface area contributed by atoms with Crippen LogP contribution in [0.1, 0.15) is 38.2 Å². The van der Waals surface area contributed by atoms with Gasteiger partial charge in [0.1, 0.15) is 24.2 Å². The molecule has 0 heterocycles. The molecule has 10 heteroatoms. The maximum atomic E-state index is 14.4. The number of rotatable bonds is 10. The summed E-state index contributed by atoms with van der Waals surface area (Å²) < 4.78 is 45.7. The number of hydrogen-bond donors (Lipinski definition) is 1. The van der Waals surface area contributed by atoms with Gasteiger partial charge in [-0.15, -0.1) is 0 Å². The standard InChI is InChI=1S/C25H32FN3O5S/c1-18(25(31)27-20-9-5-6-10-20)28(16-19-8-4-7-11-23(19)26)24(30)17-29(35(3,32)33)21-12-14-22(34-2)15-13-21/h4,7-8,11-15,18,20H,5-6,9-10,16-17H2,1-3H3,(H,27,31)/t18-/m1/s1. The molecule has 1 fully saturated rings. The normalized spacial score (nSPS) is 14.9. The summed E-state index contributed by atoms with van der Waals surface area (Å²) in [6.45, 7) is 0.854. The molecule has 190 valence electrons. The molecule has 3 rings (SSSR count). The monoisotopic (exact) mass is 505 g/mol. The zero-order valence-electron chi connectivity index (χ0n) is 20.2. The van der Waals surface area contributed by atoms with Crippen molar-refractivity contribution in [2.75, 3.05) is 24.2 Å². The lowest BCUT2D eigenvalue weighted by atomic mass is 10.1. The molecule has 1 N–H and O–H groups in total. The number of sulfonamides is 1. The van der Waals surface area contributed by atoms with Crippen molar-refractivity contribution in [2.45, 2.75) is 51.2 Å². The van der Waals surface area contributed by atoms with Gasteiger partial charge in [-0.25, -0.2) is 12.8 Å². The summed E-state index contributed by atoms with van der Waals surface area (Å²) in [7, 11) is -2.35. The summed E-state index contributed by atoms with van der Waals surface area (Å²) in [5.41, 5.74) is 0.507. The number of anilines is 1. The van der Waals surface area contributed by atoms with Crippen LogP contribution in [0.4, 0.5) is 10.1 Å². The van der Waals surface area contributed by atoms with Crippen LogP contribution in [0, 0.1) is 5.82 Å². The van der Waals surface area contributed by atoms with Gasteiger partial charge in [-0.05, 0) is 50.1 Å². The number of hydrogen-bond acceptors (Lipinski definition) is 5. The molecule has 35 heavy (non-hydrogen) atoms. The van der Waals surface area contributed by atoms with Crippen molar-refractivity contribution in [1.82, 2.24) is 10.2 Å². The Kier molecular flexibility index (Phi) is 8.71. The molecule has 2 aromatic rings. The number of halogens is 1. The molecule has 0 unspecified atom stereocenters. The Morgan fingerprint density at radius 1 is 1.11 bits per heavy atom. The largest absolute Gasteiger partial charge is 0.497 e. The predicted octanol–water partition coefficient (Wildman–Crippen LogP) is 3.08. The van der Waals surface area contributed by atoms with E-state index in [1.807, 2.05) is 0 Å². The number of ether oxygens (including phenoxy) is 1. The van der Waals surface area contributed by atoms with Gasteiger partial charge in [0.2, 0.25) is 21.8 Å². The molecular weight excluding hydrogens is 473 g/mol. The van der Waals surface area contributed by atoms with Crippen LogP contribution in [0.2, 0.25) is 0 Å². The zero-order chi connectivity index (χ0) is 25.6. The SMILES string of the molecule is COc1ccc(N(CC(=O)N(Cc2ccccc2F)[C@H](C)C(=O)NC2CCCC2)S(C)(=O)=O)cc1. The zero-order valence-corrected chi connectivity index (χ0v) is 21.1. The lowest BCUT2D eigenvalue weighted by molar-refractivity contribution is -0.139. The highest BCUT2D eigenvalue weighted by atomic mass is 32.2. The van der Waals surface area contributed by atoms with Gasteiger partial charge in [-0.3, -0.25) is 13.9 Å². The molecule has 0 aliphatic heterocycles. The first-order chi connectivity index (χ1) is 16.6. The third kappa shape index (κ3) is 6.94. The number of nitrogens with one attached hydrogen (secondary N) is 1. The predicted molar refractivity (Wildman–Crippen MR) is 132 cm³/mol. The van der Waals surface area contributed by atoms with E-state index in [0.717, 1.165) is 36.2 Å². The quantitative estimate of drug-likeness (QED) is 0.535. The Hall–Kier alpha value is -3.14. The minimum absolute atomic E-state index is 0.0437. The Balaban J connectivity index is 1.88. The number of carbonyl (C=O) groups is 2. The highest BCUT2D eigenvalue weighted by Gasteiger charge is 2.31. The molecule has 0 spiro atoms. The van der Waals surface area contributed by atoms with Gasteiger partial charge >= 0.3 is 0 Å². The van der Waals surface area contributed by atoms with Gasteiger partial charge in [-0.1, -0.05) is 31.0 Å². The van der Waals surface area contributed by atoms with Gasteiger partial charge in [0.25, 0.3) is 0 Å². The highest BCUT2D eigenvalue weighted by molar-refractivity contribution is 7.92. The Morgan fingerprint density at radius 2 is 1.74 bits per heavy atom. The second-order valence-electron chi connectivity index (χ2n) is 8.75. The van der Waals surface area contributed by atoms with E-state index in [9.17, 15) is 22.4 Å². The number of benzene rings is 2. The lowest BCUT2D eigenvalue weighted by Crippen LogP contribution is -2.52. The van der Waals surface area contributed by atoms with Crippen LogP contribution in [0.25, 0.3) is 0 Å². The van der Waals surface area contributed by atoms with E-state index in [1.54, 1.807) is 25.1 Å². The van der Waals surface area contributed by atoms with Gasteiger partial charge in [0.15, 0.2) is 0 Å². The molecule has 1 aliphatic rings. The fourth-order valence-corrected chi connectivity index (χ4v) is 5.00. The van der Waals surface area contributed by atoms with Crippen molar-refractivity contribution in [3.05, 3.63) is 59.9 Å². The summed E-state index contributed by atoms with van der Waals surface area (Å²) in [4.78, 5) is 27.7. The second kappa shape index (κ2) is 11.5. The van der Waals surface area contributed by atoms with E-state index >= 15 is 0 Å². The maximum absolute atomic E-state index is 14.4. The first-order valence-corrected chi connectivity index (χ1v) is 13.4. The molecule has 2 aromatic carbocycles. The van der Waals surface area contributed by atoms with Crippen molar-refractivity contribution in [3.63, 3.8) is 0 Å². The molecule has 2 amide bonds. The molecule has 8 nitrogen and oxygen atoms in total. The second-order valence-corrected chi connectivity index (χ2v) is 10.7. The molecule has 1 atom stereocenters. The van der Waals surface area contributed by atoms with E-state index in [0.29, 0.717) is 5.75 Å². The van der Waals surface area contributed by atoms with Gasteiger partial charge in [-0.2, -0.15) is 0 Å². The average molecular weight is 506 g/mol.